The zero-order valence-corrected chi connectivity index (χ0v) is 18.1. The van der Waals surface area contributed by atoms with E-state index in [0.717, 1.165) is 40.7 Å². The molecule has 29 heavy (non-hydrogen) atoms. The van der Waals surface area contributed by atoms with E-state index in [2.05, 4.69) is 10.3 Å². The number of halogens is 1. The van der Waals surface area contributed by atoms with Crippen LogP contribution in [0.2, 0.25) is 5.02 Å². The van der Waals surface area contributed by atoms with Gasteiger partial charge in [0.1, 0.15) is 10.3 Å². The summed E-state index contributed by atoms with van der Waals surface area (Å²) >= 11 is 7.73. The average Bonchev–Trinajstić information content (AvgIpc) is 3.21. The van der Waals surface area contributed by atoms with E-state index in [4.69, 9.17) is 21.0 Å². The summed E-state index contributed by atoms with van der Waals surface area (Å²) in [4.78, 5) is 21.3. The number of oxazole rings is 1. The lowest BCUT2D eigenvalue weighted by Crippen LogP contribution is -2.76. The maximum Gasteiger partial charge on any atom is 0.289 e. The third kappa shape index (κ3) is 2.98. The minimum atomic E-state index is -3.34. The number of sulfone groups is 1. The molecule has 3 saturated carbocycles. The molecule has 1 atom stereocenters. The fourth-order valence-corrected chi connectivity index (χ4v) is 6.24. The van der Waals surface area contributed by atoms with E-state index in [9.17, 15) is 13.2 Å². The van der Waals surface area contributed by atoms with Crippen molar-refractivity contribution in [3.63, 3.8) is 0 Å². The highest BCUT2D eigenvalue weighted by atomic mass is 35.5. The SMILES string of the molecule is CC(c1ncc(C(=O)NC23CC(c4nc5ccc(Cl)cc5s4)(C2)C3)o1)S(C)(=O)=O. The fraction of sp³-hybridized carbons (Fsp3) is 0.421. The number of hydrogen-bond donors (Lipinski definition) is 1. The van der Waals surface area contributed by atoms with Gasteiger partial charge in [0, 0.05) is 22.2 Å². The molecule has 3 aromatic rings. The van der Waals surface area contributed by atoms with Crippen molar-refractivity contribution in [3.8, 4) is 0 Å². The van der Waals surface area contributed by atoms with Crippen LogP contribution in [0.1, 0.15) is 52.9 Å². The number of hydrogen-bond acceptors (Lipinski definition) is 7. The molecule has 0 aliphatic heterocycles. The number of aromatic nitrogens is 2. The van der Waals surface area contributed by atoms with Crippen molar-refractivity contribution in [3.05, 3.63) is 46.1 Å². The van der Waals surface area contributed by atoms with Gasteiger partial charge in [0.05, 0.1) is 16.4 Å². The Morgan fingerprint density at radius 3 is 2.76 bits per heavy atom. The predicted molar refractivity (Wildman–Crippen MR) is 110 cm³/mol. The molecule has 0 spiro atoms. The van der Waals surface area contributed by atoms with Crippen molar-refractivity contribution in [2.24, 2.45) is 0 Å². The van der Waals surface area contributed by atoms with Crippen LogP contribution in [0, 0.1) is 0 Å². The highest BCUT2D eigenvalue weighted by molar-refractivity contribution is 7.90. The molecule has 2 aromatic heterocycles. The van der Waals surface area contributed by atoms with Gasteiger partial charge >= 0.3 is 0 Å². The molecule has 10 heteroatoms. The number of carbonyl (C=O) groups is 1. The van der Waals surface area contributed by atoms with E-state index in [1.54, 1.807) is 11.3 Å². The van der Waals surface area contributed by atoms with Crippen LogP contribution in [0.3, 0.4) is 0 Å². The first-order valence-corrected chi connectivity index (χ1v) is 12.3. The number of benzene rings is 1. The number of nitrogens with one attached hydrogen (secondary N) is 1. The second-order valence-corrected chi connectivity index (χ2v) is 12.0. The van der Waals surface area contributed by atoms with Crippen molar-refractivity contribution >= 4 is 48.9 Å². The van der Waals surface area contributed by atoms with Gasteiger partial charge < -0.3 is 9.73 Å². The lowest BCUT2D eigenvalue weighted by molar-refractivity contribution is -0.0811. The number of nitrogens with zero attached hydrogens (tertiary/aromatic N) is 2. The molecule has 6 rings (SSSR count). The molecule has 1 N–H and O–H groups in total. The third-order valence-corrected chi connectivity index (χ3v) is 8.94. The van der Waals surface area contributed by atoms with Gasteiger partial charge in [-0.1, -0.05) is 11.6 Å². The number of rotatable bonds is 5. The lowest BCUT2D eigenvalue weighted by Gasteiger charge is -2.69. The minimum absolute atomic E-state index is 0.0276. The number of carbonyl (C=O) groups excluding carboxylic acids is 1. The molecule has 0 radical (unpaired) electrons. The molecule has 3 aliphatic rings. The molecule has 2 heterocycles. The molecule has 1 aromatic carbocycles. The van der Waals surface area contributed by atoms with Gasteiger partial charge in [0.2, 0.25) is 11.7 Å². The third-order valence-electron chi connectivity index (χ3n) is 5.95. The van der Waals surface area contributed by atoms with Crippen LogP contribution in [0.15, 0.2) is 28.8 Å². The monoisotopic (exact) mass is 451 g/mol. The molecular formula is C19H18ClN3O4S2. The first-order valence-electron chi connectivity index (χ1n) is 9.13. The quantitative estimate of drug-likeness (QED) is 0.635. The molecule has 7 nitrogen and oxygen atoms in total. The van der Waals surface area contributed by atoms with E-state index in [-0.39, 0.29) is 28.5 Å². The van der Waals surface area contributed by atoms with Gasteiger partial charge in [-0.25, -0.2) is 18.4 Å². The molecular weight excluding hydrogens is 434 g/mol. The van der Waals surface area contributed by atoms with E-state index in [1.807, 2.05) is 18.2 Å². The molecule has 1 unspecified atom stereocenters. The smallest absolute Gasteiger partial charge is 0.289 e. The van der Waals surface area contributed by atoms with Gasteiger partial charge in [-0.05, 0) is 44.4 Å². The Morgan fingerprint density at radius 2 is 2.07 bits per heavy atom. The van der Waals surface area contributed by atoms with E-state index in [1.165, 1.54) is 13.1 Å². The number of fused-ring (bicyclic) bond motifs is 1. The lowest BCUT2D eigenvalue weighted by atomic mass is 9.39. The fourth-order valence-electron chi connectivity index (χ4n) is 4.34. The van der Waals surface area contributed by atoms with Crippen LogP contribution in [0.25, 0.3) is 10.2 Å². The zero-order chi connectivity index (χ0) is 20.6. The van der Waals surface area contributed by atoms with E-state index < -0.39 is 15.1 Å². The van der Waals surface area contributed by atoms with Gasteiger partial charge in [0.15, 0.2) is 9.84 Å². The summed E-state index contributed by atoms with van der Waals surface area (Å²) in [5.74, 6) is -0.308. The van der Waals surface area contributed by atoms with Crippen LogP contribution < -0.4 is 5.32 Å². The second kappa shape index (κ2) is 6.02. The molecule has 2 bridgehead atoms. The number of thiazole rings is 1. The summed E-state index contributed by atoms with van der Waals surface area (Å²) in [6.45, 7) is 1.49. The first kappa shape index (κ1) is 19.0. The normalized spacial score (nSPS) is 26.6. The molecule has 152 valence electrons. The number of amides is 1. The topological polar surface area (TPSA) is 102 Å². The summed E-state index contributed by atoms with van der Waals surface area (Å²) in [7, 11) is -3.34. The molecule has 0 saturated heterocycles. The summed E-state index contributed by atoms with van der Waals surface area (Å²) in [5, 5.41) is 3.94. The van der Waals surface area contributed by atoms with Crippen molar-refractivity contribution in [2.75, 3.05) is 6.26 Å². The van der Waals surface area contributed by atoms with Gasteiger partial charge in [0.25, 0.3) is 5.91 Å². The Hall–Kier alpha value is -1.97. The summed E-state index contributed by atoms with van der Waals surface area (Å²) in [6, 6.07) is 5.70. The van der Waals surface area contributed by atoms with Crippen molar-refractivity contribution in [1.29, 1.82) is 0 Å². The average molecular weight is 452 g/mol. The van der Waals surface area contributed by atoms with Crippen LogP contribution in [-0.2, 0) is 15.3 Å². The van der Waals surface area contributed by atoms with Gasteiger partial charge in [-0.2, -0.15) is 0 Å². The van der Waals surface area contributed by atoms with E-state index >= 15 is 0 Å². The van der Waals surface area contributed by atoms with Gasteiger partial charge in [-0.3, -0.25) is 4.79 Å². The maximum atomic E-state index is 12.6. The van der Waals surface area contributed by atoms with Crippen LogP contribution in [-0.4, -0.2) is 36.1 Å². The van der Waals surface area contributed by atoms with Crippen molar-refractivity contribution in [2.45, 2.75) is 42.4 Å². The van der Waals surface area contributed by atoms with Crippen molar-refractivity contribution in [1.82, 2.24) is 15.3 Å². The van der Waals surface area contributed by atoms with Crippen LogP contribution in [0.4, 0.5) is 0 Å². The highest BCUT2D eigenvalue weighted by Crippen LogP contribution is 2.68. The summed E-state index contributed by atoms with van der Waals surface area (Å²) < 4.78 is 29.8. The molecule has 3 fully saturated rings. The zero-order valence-electron chi connectivity index (χ0n) is 15.7. The minimum Gasteiger partial charge on any atom is -0.434 e. The van der Waals surface area contributed by atoms with Crippen LogP contribution >= 0.6 is 22.9 Å². The maximum absolute atomic E-state index is 12.6. The standard InChI is InChI=1S/C19H18ClN3O4S2/c1-10(29(2,25)26)16-21-6-13(27-16)15(24)23-19-7-18(8-19,9-19)17-22-12-4-3-11(20)5-14(12)28-17/h3-6,10H,7-9H2,1-2H3,(H,23,24). The Labute approximate surface area is 176 Å². The van der Waals surface area contributed by atoms with Crippen molar-refractivity contribution < 1.29 is 17.6 Å². The highest BCUT2D eigenvalue weighted by Gasteiger charge is 2.70. The molecule has 1 amide bonds. The largest absolute Gasteiger partial charge is 0.434 e. The summed E-state index contributed by atoms with van der Waals surface area (Å²) in [5.41, 5.74) is 0.731. The van der Waals surface area contributed by atoms with Crippen LogP contribution in [0.5, 0.6) is 0 Å². The summed E-state index contributed by atoms with van der Waals surface area (Å²) in [6.07, 6.45) is 4.89. The predicted octanol–water partition coefficient (Wildman–Crippen LogP) is 3.65. The Morgan fingerprint density at radius 1 is 1.34 bits per heavy atom. The Bertz CT molecular complexity index is 1240. The van der Waals surface area contributed by atoms with Gasteiger partial charge in [-0.15, -0.1) is 11.3 Å². The Kier molecular flexibility index (Phi) is 3.95. The molecule has 3 aliphatic carbocycles. The first-order chi connectivity index (χ1) is 13.6. The second-order valence-electron chi connectivity index (χ2n) is 8.21. The van der Waals surface area contributed by atoms with E-state index in [0.29, 0.717) is 5.02 Å². The Balaban J connectivity index is 1.27.